The molecule has 1 amide bonds. The van der Waals surface area contributed by atoms with E-state index in [0.29, 0.717) is 38.4 Å². The summed E-state index contributed by atoms with van der Waals surface area (Å²) in [5.41, 5.74) is 5.00. The molecular formula is C13H22N4O3. The highest BCUT2D eigenvalue weighted by molar-refractivity contribution is 5.75. The first kappa shape index (κ1) is 16.2. The molecule has 0 bridgehead atoms. The summed E-state index contributed by atoms with van der Waals surface area (Å²) in [6, 6.07) is 1.33. The normalized spacial score (nSPS) is 10.3. The van der Waals surface area contributed by atoms with Crippen LogP contribution in [0.5, 0.6) is 5.75 Å². The average molecular weight is 282 g/mol. The molecule has 1 heterocycles. The number of ether oxygens (including phenoxy) is 1. The van der Waals surface area contributed by atoms with Crippen molar-refractivity contribution in [2.75, 3.05) is 26.2 Å². The van der Waals surface area contributed by atoms with Gasteiger partial charge in [-0.1, -0.05) is 0 Å². The van der Waals surface area contributed by atoms with E-state index in [1.165, 1.54) is 12.3 Å². The number of carbonyl (C=O) groups is 1. The van der Waals surface area contributed by atoms with Crippen molar-refractivity contribution in [1.82, 2.24) is 14.7 Å². The van der Waals surface area contributed by atoms with Crippen LogP contribution in [-0.2, 0) is 11.3 Å². The Balaban J connectivity index is 2.68. The Kier molecular flexibility index (Phi) is 6.72. The molecule has 0 fully saturated rings. The molecule has 7 nitrogen and oxygen atoms in total. The molecule has 1 aromatic rings. The lowest BCUT2D eigenvalue weighted by Crippen LogP contribution is -2.37. The van der Waals surface area contributed by atoms with Gasteiger partial charge in [-0.2, -0.15) is 5.10 Å². The quantitative estimate of drug-likeness (QED) is 0.669. The third-order valence-corrected chi connectivity index (χ3v) is 2.86. The second kappa shape index (κ2) is 8.31. The SMILES string of the molecule is CCN(CC)C(=O)Cn1ncc(OCCCN)cc1=O. The zero-order valence-corrected chi connectivity index (χ0v) is 12.0. The second-order valence-corrected chi connectivity index (χ2v) is 4.24. The maximum atomic E-state index is 11.9. The number of rotatable bonds is 8. The zero-order chi connectivity index (χ0) is 15.0. The van der Waals surface area contributed by atoms with Crippen LogP contribution in [0, 0.1) is 0 Å². The van der Waals surface area contributed by atoms with E-state index in [0.717, 1.165) is 4.68 Å². The number of hydrogen-bond donors (Lipinski definition) is 1. The third-order valence-electron chi connectivity index (χ3n) is 2.86. The zero-order valence-electron chi connectivity index (χ0n) is 12.0. The Labute approximate surface area is 118 Å². The van der Waals surface area contributed by atoms with Gasteiger partial charge in [-0.05, 0) is 26.8 Å². The first-order chi connectivity index (χ1) is 9.62. The van der Waals surface area contributed by atoms with E-state index >= 15 is 0 Å². The van der Waals surface area contributed by atoms with Crippen LogP contribution in [0.25, 0.3) is 0 Å². The van der Waals surface area contributed by atoms with E-state index in [1.807, 2.05) is 13.8 Å². The molecule has 112 valence electrons. The van der Waals surface area contributed by atoms with Crippen molar-refractivity contribution < 1.29 is 9.53 Å². The first-order valence-electron chi connectivity index (χ1n) is 6.80. The summed E-state index contributed by atoms with van der Waals surface area (Å²) in [6.45, 7) is 5.94. The van der Waals surface area contributed by atoms with Gasteiger partial charge in [-0.15, -0.1) is 0 Å². The van der Waals surface area contributed by atoms with Crippen LogP contribution in [0.15, 0.2) is 17.1 Å². The van der Waals surface area contributed by atoms with Gasteiger partial charge in [0.15, 0.2) is 0 Å². The molecule has 2 N–H and O–H groups in total. The molecule has 7 heteroatoms. The van der Waals surface area contributed by atoms with Gasteiger partial charge >= 0.3 is 0 Å². The minimum Gasteiger partial charge on any atom is -0.492 e. The molecule has 0 atom stereocenters. The topological polar surface area (TPSA) is 90.4 Å². The summed E-state index contributed by atoms with van der Waals surface area (Å²) >= 11 is 0. The molecular weight excluding hydrogens is 260 g/mol. The van der Waals surface area contributed by atoms with Crippen molar-refractivity contribution in [2.24, 2.45) is 5.73 Å². The lowest BCUT2D eigenvalue weighted by molar-refractivity contribution is -0.131. The molecule has 0 aromatic carbocycles. The van der Waals surface area contributed by atoms with Crippen LogP contribution < -0.4 is 16.0 Å². The van der Waals surface area contributed by atoms with Gasteiger partial charge in [-0.25, -0.2) is 4.68 Å². The lowest BCUT2D eigenvalue weighted by atomic mass is 10.4. The molecule has 0 aliphatic rings. The highest BCUT2D eigenvalue weighted by Gasteiger charge is 2.12. The summed E-state index contributed by atoms with van der Waals surface area (Å²) in [4.78, 5) is 25.4. The molecule has 0 saturated carbocycles. The van der Waals surface area contributed by atoms with Gasteiger partial charge in [0.1, 0.15) is 12.3 Å². The van der Waals surface area contributed by atoms with Crippen molar-refractivity contribution in [3.63, 3.8) is 0 Å². The van der Waals surface area contributed by atoms with E-state index in [-0.39, 0.29) is 18.0 Å². The maximum Gasteiger partial charge on any atom is 0.270 e. The fourth-order valence-corrected chi connectivity index (χ4v) is 1.69. The number of aromatic nitrogens is 2. The largest absolute Gasteiger partial charge is 0.492 e. The fraction of sp³-hybridized carbons (Fsp3) is 0.615. The molecule has 0 unspecified atom stereocenters. The lowest BCUT2D eigenvalue weighted by Gasteiger charge is -2.18. The summed E-state index contributed by atoms with van der Waals surface area (Å²) in [5, 5.41) is 3.95. The van der Waals surface area contributed by atoms with Crippen molar-refractivity contribution in [3.05, 3.63) is 22.6 Å². The average Bonchev–Trinajstić information content (AvgIpc) is 2.43. The van der Waals surface area contributed by atoms with Crippen molar-refractivity contribution in [1.29, 1.82) is 0 Å². The summed E-state index contributed by atoms with van der Waals surface area (Å²) in [6.07, 6.45) is 2.15. The minimum absolute atomic E-state index is 0.0520. The van der Waals surface area contributed by atoms with Crippen LogP contribution in [0.3, 0.4) is 0 Å². The van der Waals surface area contributed by atoms with Crippen LogP contribution in [0.2, 0.25) is 0 Å². The van der Waals surface area contributed by atoms with E-state index < -0.39 is 0 Å². The second-order valence-electron chi connectivity index (χ2n) is 4.24. The van der Waals surface area contributed by atoms with Crippen molar-refractivity contribution in [3.8, 4) is 5.75 Å². The van der Waals surface area contributed by atoms with Gasteiger partial charge in [0.05, 0.1) is 12.8 Å². The predicted octanol–water partition coefficient (Wildman–Crippen LogP) is -0.161. The molecule has 0 saturated heterocycles. The van der Waals surface area contributed by atoms with Gasteiger partial charge in [0, 0.05) is 19.2 Å². The van der Waals surface area contributed by atoms with Crippen LogP contribution in [0.4, 0.5) is 0 Å². The van der Waals surface area contributed by atoms with E-state index in [9.17, 15) is 9.59 Å². The molecule has 0 spiro atoms. The van der Waals surface area contributed by atoms with Crippen LogP contribution in [-0.4, -0.2) is 46.8 Å². The smallest absolute Gasteiger partial charge is 0.270 e. The Hall–Kier alpha value is -1.89. The third kappa shape index (κ3) is 4.65. The van der Waals surface area contributed by atoms with Gasteiger partial charge in [0.2, 0.25) is 5.91 Å². The molecule has 0 radical (unpaired) electrons. The first-order valence-corrected chi connectivity index (χ1v) is 6.80. The Morgan fingerprint density at radius 2 is 2.15 bits per heavy atom. The Morgan fingerprint density at radius 3 is 2.70 bits per heavy atom. The number of nitrogens with zero attached hydrogens (tertiary/aromatic N) is 3. The van der Waals surface area contributed by atoms with Crippen LogP contribution >= 0.6 is 0 Å². The minimum atomic E-state index is -0.351. The predicted molar refractivity (Wildman–Crippen MR) is 75.6 cm³/mol. The maximum absolute atomic E-state index is 11.9. The Morgan fingerprint density at radius 1 is 1.45 bits per heavy atom. The number of hydrogen-bond acceptors (Lipinski definition) is 5. The van der Waals surface area contributed by atoms with Crippen molar-refractivity contribution >= 4 is 5.91 Å². The highest BCUT2D eigenvalue weighted by atomic mass is 16.5. The van der Waals surface area contributed by atoms with Gasteiger partial charge in [-0.3, -0.25) is 9.59 Å². The summed E-state index contributed by atoms with van der Waals surface area (Å²) in [5.74, 6) is 0.274. The highest BCUT2D eigenvalue weighted by Crippen LogP contribution is 2.03. The van der Waals surface area contributed by atoms with Crippen LogP contribution in [0.1, 0.15) is 20.3 Å². The fourth-order valence-electron chi connectivity index (χ4n) is 1.69. The number of nitrogens with two attached hydrogens (primary N) is 1. The molecule has 20 heavy (non-hydrogen) atoms. The summed E-state index contributed by atoms with van der Waals surface area (Å²) < 4.78 is 6.46. The Bertz CT molecular complexity index is 483. The van der Waals surface area contributed by atoms with Crippen molar-refractivity contribution in [2.45, 2.75) is 26.8 Å². The molecule has 1 rings (SSSR count). The standard InChI is InChI=1S/C13H22N4O3/c1-3-16(4-2)13(19)10-17-12(18)8-11(9-15-17)20-7-5-6-14/h8-9H,3-7,10,14H2,1-2H3. The molecule has 0 aliphatic heterocycles. The number of amides is 1. The number of likely N-dealkylation sites (N-methyl/N-ethyl adjacent to an activating group) is 1. The molecule has 0 aliphatic carbocycles. The van der Waals surface area contributed by atoms with E-state index in [2.05, 4.69) is 5.10 Å². The van der Waals surface area contributed by atoms with Gasteiger partial charge < -0.3 is 15.4 Å². The van der Waals surface area contributed by atoms with Gasteiger partial charge in [0.25, 0.3) is 5.56 Å². The summed E-state index contributed by atoms with van der Waals surface area (Å²) in [7, 11) is 0. The monoisotopic (exact) mass is 282 g/mol. The van der Waals surface area contributed by atoms with E-state index in [4.69, 9.17) is 10.5 Å². The van der Waals surface area contributed by atoms with E-state index in [1.54, 1.807) is 4.90 Å². The number of carbonyl (C=O) groups excluding carboxylic acids is 1. The molecule has 1 aromatic heterocycles.